The van der Waals surface area contributed by atoms with Crippen LogP contribution < -0.4 is 11.5 Å². The molecule has 1 aromatic rings. The molecule has 0 atom stereocenters. The Morgan fingerprint density at radius 1 is 0.667 bits per heavy atom. The molecule has 0 aliphatic heterocycles. The van der Waals surface area contributed by atoms with Crippen molar-refractivity contribution in [1.29, 1.82) is 0 Å². The predicted octanol–water partition coefficient (Wildman–Crippen LogP) is 1.82. The van der Waals surface area contributed by atoms with Crippen LogP contribution in [0.25, 0.3) is 0 Å². The number of nitrogens with two attached hydrogens (primary N) is 2. The predicted molar refractivity (Wildman–Crippen MR) is 75.3 cm³/mol. The first kappa shape index (κ1) is 15.1. The molecule has 1 rings (SSSR count). The highest BCUT2D eigenvalue weighted by molar-refractivity contribution is 5.02. The molecule has 4 nitrogen and oxygen atoms in total. The molecule has 0 bridgehead atoms. The monoisotopic (exact) mass is 250 g/mol. The largest absolute Gasteiger partial charge is 0.330 e. The lowest BCUT2D eigenvalue weighted by Crippen LogP contribution is -2.00. The van der Waals surface area contributed by atoms with Gasteiger partial charge in [0.05, 0.1) is 11.4 Å². The SMILES string of the molecule is NCCCCCc1cnc(CCCCCN)cn1. The summed E-state index contributed by atoms with van der Waals surface area (Å²) in [6.45, 7) is 1.57. The first-order valence-corrected chi connectivity index (χ1v) is 7.06. The fraction of sp³-hybridized carbons (Fsp3) is 0.714. The molecule has 1 heterocycles. The van der Waals surface area contributed by atoms with Crippen LogP contribution in [-0.2, 0) is 12.8 Å². The van der Waals surface area contributed by atoms with Crippen LogP contribution in [-0.4, -0.2) is 23.1 Å². The second-order valence-corrected chi connectivity index (χ2v) is 4.70. The van der Waals surface area contributed by atoms with Gasteiger partial charge in [-0.25, -0.2) is 0 Å². The van der Waals surface area contributed by atoms with Crippen LogP contribution in [0.2, 0.25) is 0 Å². The maximum absolute atomic E-state index is 5.46. The van der Waals surface area contributed by atoms with Gasteiger partial charge in [0.15, 0.2) is 0 Å². The average Bonchev–Trinajstić information content (AvgIpc) is 2.41. The van der Waals surface area contributed by atoms with E-state index in [1.54, 1.807) is 0 Å². The lowest BCUT2D eigenvalue weighted by atomic mass is 10.1. The van der Waals surface area contributed by atoms with E-state index in [0.29, 0.717) is 0 Å². The molecule has 0 saturated carbocycles. The van der Waals surface area contributed by atoms with Crippen molar-refractivity contribution in [2.24, 2.45) is 11.5 Å². The number of hydrogen-bond donors (Lipinski definition) is 2. The Balaban J connectivity index is 2.20. The van der Waals surface area contributed by atoms with Gasteiger partial charge in [-0.2, -0.15) is 0 Å². The van der Waals surface area contributed by atoms with Gasteiger partial charge in [0.25, 0.3) is 0 Å². The van der Waals surface area contributed by atoms with E-state index >= 15 is 0 Å². The summed E-state index contributed by atoms with van der Waals surface area (Å²) < 4.78 is 0. The lowest BCUT2D eigenvalue weighted by molar-refractivity contribution is 0.666. The molecule has 0 aromatic carbocycles. The molecule has 0 aliphatic rings. The Morgan fingerprint density at radius 3 is 1.44 bits per heavy atom. The van der Waals surface area contributed by atoms with E-state index in [4.69, 9.17) is 11.5 Å². The Kier molecular flexibility index (Phi) is 8.34. The second kappa shape index (κ2) is 9.97. The minimum Gasteiger partial charge on any atom is -0.330 e. The molecule has 4 heteroatoms. The van der Waals surface area contributed by atoms with Crippen LogP contribution in [0.1, 0.15) is 49.9 Å². The number of unbranched alkanes of at least 4 members (excludes halogenated alkanes) is 4. The number of hydrogen-bond acceptors (Lipinski definition) is 4. The van der Waals surface area contributed by atoms with Gasteiger partial charge in [0.2, 0.25) is 0 Å². The fourth-order valence-corrected chi connectivity index (χ4v) is 1.89. The summed E-state index contributed by atoms with van der Waals surface area (Å²) in [5, 5.41) is 0. The normalized spacial score (nSPS) is 10.8. The number of aryl methyl sites for hydroxylation is 2. The van der Waals surface area contributed by atoms with E-state index < -0.39 is 0 Å². The van der Waals surface area contributed by atoms with Gasteiger partial charge in [0, 0.05) is 12.4 Å². The van der Waals surface area contributed by atoms with Crippen molar-refractivity contribution in [1.82, 2.24) is 9.97 Å². The van der Waals surface area contributed by atoms with Gasteiger partial charge in [-0.05, 0) is 51.6 Å². The molecule has 0 amide bonds. The molecule has 0 unspecified atom stereocenters. The molecule has 1 aromatic heterocycles. The van der Waals surface area contributed by atoms with Crippen molar-refractivity contribution in [3.63, 3.8) is 0 Å². The van der Waals surface area contributed by atoms with Gasteiger partial charge < -0.3 is 11.5 Å². The van der Waals surface area contributed by atoms with E-state index in [1.165, 1.54) is 12.8 Å². The Bertz CT molecular complexity index is 266. The quantitative estimate of drug-likeness (QED) is 0.621. The average molecular weight is 250 g/mol. The topological polar surface area (TPSA) is 77.8 Å². The third-order valence-corrected chi connectivity index (χ3v) is 3.03. The maximum Gasteiger partial charge on any atom is 0.0586 e. The van der Waals surface area contributed by atoms with E-state index in [2.05, 4.69) is 9.97 Å². The van der Waals surface area contributed by atoms with Crippen LogP contribution in [0.3, 0.4) is 0 Å². The molecule has 0 saturated heterocycles. The van der Waals surface area contributed by atoms with Crippen LogP contribution in [0, 0.1) is 0 Å². The van der Waals surface area contributed by atoms with Crippen LogP contribution in [0.4, 0.5) is 0 Å². The highest BCUT2D eigenvalue weighted by Gasteiger charge is 1.98. The number of rotatable bonds is 10. The second-order valence-electron chi connectivity index (χ2n) is 4.70. The van der Waals surface area contributed by atoms with E-state index in [1.807, 2.05) is 12.4 Å². The number of aromatic nitrogens is 2. The van der Waals surface area contributed by atoms with Gasteiger partial charge >= 0.3 is 0 Å². The van der Waals surface area contributed by atoms with E-state index in [-0.39, 0.29) is 0 Å². The third-order valence-electron chi connectivity index (χ3n) is 3.03. The first-order chi connectivity index (χ1) is 8.86. The maximum atomic E-state index is 5.46. The molecule has 0 radical (unpaired) electrons. The fourth-order valence-electron chi connectivity index (χ4n) is 1.89. The van der Waals surface area contributed by atoms with Gasteiger partial charge in [-0.1, -0.05) is 12.8 Å². The summed E-state index contributed by atoms with van der Waals surface area (Å²) in [5.41, 5.74) is 13.1. The van der Waals surface area contributed by atoms with Crippen LogP contribution in [0.5, 0.6) is 0 Å². The van der Waals surface area contributed by atoms with Gasteiger partial charge in [-0.15, -0.1) is 0 Å². The summed E-state index contributed by atoms with van der Waals surface area (Å²) in [6, 6.07) is 0. The smallest absolute Gasteiger partial charge is 0.0586 e. The lowest BCUT2D eigenvalue weighted by Gasteiger charge is -2.03. The van der Waals surface area contributed by atoms with Crippen molar-refractivity contribution in [2.45, 2.75) is 51.4 Å². The van der Waals surface area contributed by atoms with E-state index in [0.717, 1.165) is 63.0 Å². The number of nitrogens with zero attached hydrogens (tertiary/aromatic N) is 2. The summed E-state index contributed by atoms with van der Waals surface area (Å²) in [4.78, 5) is 8.91. The molecular formula is C14H26N4. The van der Waals surface area contributed by atoms with Crippen molar-refractivity contribution >= 4 is 0 Å². The Labute approximate surface area is 110 Å². The van der Waals surface area contributed by atoms with Crippen molar-refractivity contribution in [2.75, 3.05) is 13.1 Å². The Morgan fingerprint density at radius 2 is 1.11 bits per heavy atom. The zero-order valence-corrected chi connectivity index (χ0v) is 11.3. The molecule has 0 spiro atoms. The van der Waals surface area contributed by atoms with Crippen molar-refractivity contribution in [3.8, 4) is 0 Å². The molecule has 0 aliphatic carbocycles. The summed E-state index contributed by atoms with van der Waals surface area (Å²) in [6.07, 6.45) is 12.7. The standard InChI is InChI=1S/C14H26N4/c15-9-5-1-3-7-13-11-18-14(12-17-13)8-4-2-6-10-16/h11-12H,1-10,15-16H2. The molecule has 18 heavy (non-hydrogen) atoms. The van der Waals surface area contributed by atoms with Gasteiger partial charge in [0.1, 0.15) is 0 Å². The Hall–Kier alpha value is -1.00. The minimum absolute atomic E-state index is 0.785. The van der Waals surface area contributed by atoms with Gasteiger partial charge in [-0.3, -0.25) is 9.97 Å². The van der Waals surface area contributed by atoms with Crippen molar-refractivity contribution in [3.05, 3.63) is 23.8 Å². The molecule has 0 fully saturated rings. The zero-order chi connectivity index (χ0) is 13.1. The summed E-state index contributed by atoms with van der Waals surface area (Å²) in [5.74, 6) is 0. The van der Waals surface area contributed by atoms with E-state index in [9.17, 15) is 0 Å². The zero-order valence-electron chi connectivity index (χ0n) is 11.3. The first-order valence-electron chi connectivity index (χ1n) is 7.06. The highest BCUT2D eigenvalue weighted by Crippen LogP contribution is 2.06. The summed E-state index contributed by atoms with van der Waals surface area (Å²) in [7, 11) is 0. The summed E-state index contributed by atoms with van der Waals surface area (Å²) >= 11 is 0. The molecular weight excluding hydrogens is 224 g/mol. The third kappa shape index (κ3) is 6.67. The molecule has 102 valence electrons. The van der Waals surface area contributed by atoms with Crippen molar-refractivity contribution < 1.29 is 0 Å². The molecule has 4 N–H and O–H groups in total. The highest BCUT2D eigenvalue weighted by atomic mass is 14.8. The van der Waals surface area contributed by atoms with Crippen LogP contribution >= 0.6 is 0 Å². The minimum atomic E-state index is 0.785. The van der Waals surface area contributed by atoms with Crippen LogP contribution in [0.15, 0.2) is 12.4 Å².